The van der Waals surface area contributed by atoms with Gasteiger partial charge >= 0.3 is 18.4 Å². The number of benzene rings is 2. The average molecular weight is 587 g/mol. The molecule has 0 aromatic heterocycles. The number of hydrogen-bond donors (Lipinski definition) is 4. The van der Waals surface area contributed by atoms with E-state index in [-0.39, 0.29) is 30.0 Å². The molecule has 0 radical (unpaired) electrons. The number of urea groups is 1. The molecule has 2 aromatic carbocycles. The van der Waals surface area contributed by atoms with E-state index in [1.807, 2.05) is 4.90 Å². The molecular weight excluding hydrogens is 554 g/mol. The molecule has 1 aliphatic carbocycles. The Hall–Kier alpha value is -3.32. The second kappa shape index (κ2) is 12.3. The van der Waals surface area contributed by atoms with Gasteiger partial charge in [0.15, 0.2) is 0 Å². The number of hydrogen-bond acceptors (Lipinski definition) is 4. The number of likely N-dealkylation sites (tertiary alicyclic amines) is 1. The Balaban J connectivity index is 1.23. The van der Waals surface area contributed by atoms with Crippen LogP contribution in [0.5, 0.6) is 0 Å². The van der Waals surface area contributed by atoms with E-state index in [0.717, 1.165) is 25.0 Å². The first-order chi connectivity index (χ1) is 19.3. The Morgan fingerprint density at radius 3 is 2.00 bits per heavy atom. The summed E-state index contributed by atoms with van der Waals surface area (Å²) in [4.78, 5) is 26.4. The van der Waals surface area contributed by atoms with Crippen LogP contribution in [0.3, 0.4) is 0 Å². The second-order valence-corrected chi connectivity index (χ2v) is 10.7. The van der Waals surface area contributed by atoms with Gasteiger partial charge in [-0.15, -0.1) is 0 Å². The van der Waals surface area contributed by atoms with Crippen LogP contribution < -0.4 is 16.0 Å². The van der Waals surface area contributed by atoms with E-state index in [2.05, 4.69) is 16.0 Å². The largest absolute Gasteiger partial charge is 0.430 e. The first kappa shape index (κ1) is 30.6. The van der Waals surface area contributed by atoms with Crippen LogP contribution in [-0.4, -0.2) is 60.5 Å². The highest BCUT2D eigenvalue weighted by atomic mass is 19.4. The van der Waals surface area contributed by atoms with Crippen molar-refractivity contribution in [3.63, 3.8) is 0 Å². The number of carbonyl (C=O) groups excluding carboxylic acids is 2. The zero-order valence-electron chi connectivity index (χ0n) is 22.1. The molecule has 1 heterocycles. The number of piperidine rings is 1. The van der Waals surface area contributed by atoms with Gasteiger partial charge in [-0.1, -0.05) is 24.3 Å². The van der Waals surface area contributed by atoms with Gasteiger partial charge in [0, 0.05) is 36.4 Å². The summed E-state index contributed by atoms with van der Waals surface area (Å²) in [5.41, 5.74) is -5.01. The molecule has 4 rings (SSSR count). The second-order valence-electron chi connectivity index (χ2n) is 10.7. The molecule has 13 heteroatoms. The standard InChI is InChI=1S/C28H32F6N4O3/c29-27(30,31)26(41,28(32,33)34)22-3-1-2-20(14-22)17-38-12-10-19(11-13-38)15-35-24(39)21-6-8-23(9-7-21)37-25(40)36-16-18-4-5-18/h1-3,6-9,14,18-19,41H,4-5,10-13,15-17H2,(H,35,39)(H2,36,37,40). The van der Waals surface area contributed by atoms with Crippen molar-refractivity contribution in [1.82, 2.24) is 15.5 Å². The van der Waals surface area contributed by atoms with E-state index in [4.69, 9.17) is 0 Å². The molecule has 2 aliphatic rings. The number of anilines is 1. The van der Waals surface area contributed by atoms with Crippen LogP contribution in [-0.2, 0) is 12.1 Å². The molecule has 0 bridgehead atoms. The van der Waals surface area contributed by atoms with E-state index in [0.29, 0.717) is 62.3 Å². The predicted molar refractivity (Wildman–Crippen MR) is 139 cm³/mol. The van der Waals surface area contributed by atoms with Gasteiger partial charge in [0.25, 0.3) is 11.5 Å². The third-order valence-electron chi connectivity index (χ3n) is 7.48. The van der Waals surface area contributed by atoms with Crippen molar-refractivity contribution >= 4 is 17.6 Å². The maximum atomic E-state index is 13.2. The average Bonchev–Trinajstić information content (AvgIpc) is 3.75. The molecule has 3 amide bonds. The highest BCUT2D eigenvalue weighted by Crippen LogP contribution is 2.50. The Morgan fingerprint density at radius 1 is 0.829 bits per heavy atom. The summed E-state index contributed by atoms with van der Waals surface area (Å²) in [6.07, 6.45) is -8.26. The van der Waals surface area contributed by atoms with Crippen molar-refractivity contribution in [2.24, 2.45) is 11.8 Å². The monoisotopic (exact) mass is 586 g/mol. The van der Waals surface area contributed by atoms with Gasteiger partial charge in [-0.05, 0) is 80.4 Å². The summed E-state index contributed by atoms with van der Waals surface area (Å²) in [6, 6.07) is 10.1. The minimum atomic E-state index is -5.93. The van der Waals surface area contributed by atoms with Gasteiger partial charge in [-0.2, -0.15) is 26.3 Å². The first-order valence-electron chi connectivity index (χ1n) is 13.4. The fraction of sp³-hybridized carbons (Fsp3) is 0.500. The molecule has 1 saturated carbocycles. The van der Waals surface area contributed by atoms with Crippen LogP contribution in [0.4, 0.5) is 36.8 Å². The topological polar surface area (TPSA) is 93.7 Å². The number of nitrogens with zero attached hydrogens (tertiary/aromatic N) is 1. The zero-order chi connectivity index (χ0) is 29.8. The zero-order valence-corrected chi connectivity index (χ0v) is 22.1. The van der Waals surface area contributed by atoms with E-state index >= 15 is 0 Å². The van der Waals surface area contributed by atoms with Crippen molar-refractivity contribution < 1.29 is 41.0 Å². The molecule has 4 N–H and O–H groups in total. The van der Waals surface area contributed by atoms with Crippen LogP contribution in [0.1, 0.15) is 47.2 Å². The molecule has 1 saturated heterocycles. The van der Waals surface area contributed by atoms with Crippen molar-refractivity contribution in [3.8, 4) is 0 Å². The van der Waals surface area contributed by atoms with Gasteiger partial charge in [0.1, 0.15) is 0 Å². The molecule has 7 nitrogen and oxygen atoms in total. The van der Waals surface area contributed by atoms with E-state index in [9.17, 15) is 41.0 Å². The first-order valence-corrected chi connectivity index (χ1v) is 13.4. The molecular formula is C28H32F6N4O3. The number of halogens is 6. The maximum absolute atomic E-state index is 13.2. The smallest absolute Gasteiger partial charge is 0.369 e. The van der Waals surface area contributed by atoms with Gasteiger partial charge in [0.05, 0.1) is 0 Å². The summed E-state index contributed by atoms with van der Waals surface area (Å²) in [5, 5.41) is 18.1. The van der Waals surface area contributed by atoms with E-state index < -0.39 is 23.5 Å². The van der Waals surface area contributed by atoms with E-state index in [1.54, 1.807) is 24.3 Å². The fourth-order valence-electron chi connectivity index (χ4n) is 4.77. The molecule has 0 spiro atoms. The lowest BCUT2D eigenvalue weighted by atomic mass is 9.90. The quantitative estimate of drug-likeness (QED) is 0.305. The van der Waals surface area contributed by atoms with Crippen molar-refractivity contribution in [2.45, 2.75) is 50.2 Å². The summed E-state index contributed by atoms with van der Waals surface area (Å²) < 4.78 is 79.5. The number of amides is 3. The third-order valence-corrected chi connectivity index (χ3v) is 7.48. The molecule has 0 unspecified atom stereocenters. The Kier molecular flexibility index (Phi) is 9.17. The van der Waals surface area contributed by atoms with Crippen LogP contribution in [0.25, 0.3) is 0 Å². The van der Waals surface area contributed by atoms with Crippen molar-refractivity contribution in [2.75, 3.05) is 31.5 Å². The highest BCUT2D eigenvalue weighted by molar-refractivity contribution is 5.95. The Morgan fingerprint density at radius 2 is 1.41 bits per heavy atom. The van der Waals surface area contributed by atoms with Gasteiger partial charge in [0.2, 0.25) is 0 Å². The van der Waals surface area contributed by atoms with Crippen molar-refractivity contribution in [1.29, 1.82) is 0 Å². The number of carbonyl (C=O) groups is 2. The normalized spacial score (nSPS) is 17.2. The number of rotatable bonds is 9. The summed E-state index contributed by atoms with van der Waals surface area (Å²) in [5.74, 6) is 0.446. The van der Waals surface area contributed by atoms with Crippen molar-refractivity contribution in [3.05, 3.63) is 65.2 Å². The Bertz CT molecular complexity index is 1190. The molecule has 2 aromatic rings. The summed E-state index contributed by atoms with van der Waals surface area (Å²) >= 11 is 0. The lowest BCUT2D eigenvalue weighted by Gasteiger charge is -2.34. The van der Waals surface area contributed by atoms with E-state index in [1.165, 1.54) is 6.07 Å². The van der Waals surface area contributed by atoms with Crippen LogP contribution in [0.2, 0.25) is 0 Å². The SMILES string of the molecule is O=C(NCC1CC1)Nc1ccc(C(=O)NCC2CCN(Cc3cccc(C(O)(C(F)(F)F)C(F)(F)F)c3)CC2)cc1. The van der Waals surface area contributed by atoms with Gasteiger partial charge in [-0.25, -0.2) is 4.79 Å². The van der Waals surface area contributed by atoms with Crippen LogP contribution in [0.15, 0.2) is 48.5 Å². The van der Waals surface area contributed by atoms with Crippen LogP contribution >= 0.6 is 0 Å². The molecule has 0 atom stereocenters. The number of aliphatic hydroxyl groups is 1. The number of nitrogens with one attached hydrogen (secondary N) is 3. The summed E-state index contributed by atoms with van der Waals surface area (Å²) in [6.45, 7) is 2.26. The lowest BCUT2D eigenvalue weighted by Crippen LogP contribution is -2.54. The minimum Gasteiger partial charge on any atom is -0.369 e. The maximum Gasteiger partial charge on any atom is 0.430 e. The molecule has 41 heavy (non-hydrogen) atoms. The molecule has 2 fully saturated rings. The highest BCUT2D eigenvalue weighted by Gasteiger charge is 2.71. The molecule has 224 valence electrons. The lowest BCUT2D eigenvalue weighted by molar-refractivity contribution is -0.376. The molecule has 1 aliphatic heterocycles. The van der Waals surface area contributed by atoms with Gasteiger partial charge in [-0.3, -0.25) is 9.69 Å². The van der Waals surface area contributed by atoms with Gasteiger partial charge < -0.3 is 21.1 Å². The Labute approximate surface area is 233 Å². The third kappa shape index (κ3) is 7.70. The van der Waals surface area contributed by atoms with Crippen LogP contribution in [0, 0.1) is 11.8 Å². The predicted octanol–water partition coefficient (Wildman–Crippen LogP) is 5.17. The summed E-state index contributed by atoms with van der Waals surface area (Å²) in [7, 11) is 0. The minimum absolute atomic E-state index is 0.123. The fourth-order valence-corrected chi connectivity index (χ4v) is 4.77. The number of alkyl halides is 6.